The Bertz CT molecular complexity index is 1240. The average molecular weight is 432 g/mol. The van der Waals surface area contributed by atoms with Gasteiger partial charge in [-0.15, -0.1) is 0 Å². The van der Waals surface area contributed by atoms with Gasteiger partial charge >= 0.3 is 0 Å². The van der Waals surface area contributed by atoms with E-state index < -0.39 is 10.0 Å². The second-order valence-corrected chi connectivity index (χ2v) is 9.48. The summed E-state index contributed by atoms with van der Waals surface area (Å²) in [6.07, 6.45) is 1.62. The first kappa shape index (κ1) is 21.0. The Kier molecular flexibility index (Phi) is 6.02. The van der Waals surface area contributed by atoms with Crippen LogP contribution in [0.3, 0.4) is 0 Å². The molecule has 0 N–H and O–H groups in total. The molecule has 158 valence electrons. The van der Waals surface area contributed by atoms with Gasteiger partial charge < -0.3 is 0 Å². The minimum Gasteiger partial charge on any atom is -0.239 e. The van der Waals surface area contributed by atoms with Crippen LogP contribution >= 0.6 is 0 Å². The van der Waals surface area contributed by atoms with Gasteiger partial charge in [-0.05, 0) is 31.5 Å². The number of nitrogens with zero attached hydrogens (tertiary/aromatic N) is 3. The number of aromatic nitrogens is 2. The van der Waals surface area contributed by atoms with Crippen LogP contribution in [-0.4, -0.2) is 28.5 Å². The van der Waals surface area contributed by atoms with Crippen molar-refractivity contribution in [2.75, 3.05) is 0 Å². The molecule has 0 aliphatic carbocycles. The van der Waals surface area contributed by atoms with Crippen LogP contribution in [0.4, 0.5) is 0 Å². The van der Waals surface area contributed by atoms with E-state index in [0.29, 0.717) is 12.2 Å². The van der Waals surface area contributed by atoms with Crippen molar-refractivity contribution in [3.8, 4) is 16.9 Å². The molecule has 0 aliphatic rings. The Morgan fingerprint density at radius 1 is 0.839 bits per heavy atom. The van der Waals surface area contributed by atoms with Gasteiger partial charge in [0.2, 0.25) is 10.0 Å². The van der Waals surface area contributed by atoms with E-state index >= 15 is 0 Å². The molecule has 0 fully saturated rings. The molecule has 6 heteroatoms. The van der Waals surface area contributed by atoms with E-state index in [0.717, 1.165) is 16.8 Å². The van der Waals surface area contributed by atoms with Crippen LogP contribution in [0, 0.1) is 0 Å². The second-order valence-electron chi connectivity index (χ2n) is 7.62. The van der Waals surface area contributed by atoms with Gasteiger partial charge in [-0.25, -0.2) is 13.1 Å². The van der Waals surface area contributed by atoms with Gasteiger partial charge in [0.1, 0.15) is 10.6 Å². The number of rotatable bonds is 7. The van der Waals surface area contributed by atoms with E-state index in [4.69, 9.17) is 0 Å². The van der Waals surface area contributed by atoms with Crippen LogP contribution in [0.5, 0.6) is 0 Å². The highest BCUT2D eigenvalue weighted by atomic mass is 32.2. The molecule has 3 aromatic carbocycles. The first-order valence-electron chi connectivity index (χ1n) is 10.2. The number of hydrogen-bond donors (Lipinski definition) is 0. The lowest BCUT2D eigenvalue weighted by molar-refractivity contribution is 0.348. The van der Waals surface area contributed by atoms with E-state index in [2.05, 4.69) is 5.10 Å². The zero-order valence-electron chi connectivity index (χ0n) is 17.6. The predicted octanol–water partition coefficient (Wildman–Crippen LogP) is 5.14. The molecule has 31 heavy (non-hydrogen) atoms. The molecule has 0 saturated carbocycles. The smallest absolute Gasteiger partial charge is 0.239 e. The first-order chi connectivity index (χ1) is 15.0. The summed E-state index contributed by atoms with van der Waals surface area (Å²) in [5.74, 6) is 0. The van der Waals surface area contributed by atoms with Crippen LogP contribution in [0.15, 0.2) is 102 Å². The van der Waals surface area contributed by atoms with Crippen LogP contribution in [0.25, 0.3) is 16.9 Å². The summed E-state index contributed by atoms with van der Waals surface area (Å²) < 4.78 is 30.9. The topological polar surface area (TPSA) is 55.2 Å². The zero-order chi connectivity index (χ0) is 21.8. The molecule has 4 rings (SSSR count). The lowest BCUT2D eigenvalue weighted by Crippen LogP contribution is -2.36. The number of hydrogen-bond acceptors (Lipinski definition) is 3. The third kappa shape index (κ3) is 4.45. The Hall–Kier alpha value is -3.22. The second kappa shape index (κ2) is 8.88. The summed E-state index contributed by atoms with van der Waals surface area (Å²) in [6, 6.07) is 28.4. The Morgan fingerprint density at radius 2 is 1.39 bits per heavy atom. The molecule has 0 saturated heterocycles. The molecule has 0 spiro atoms. The van der Waals surface area contributed by atoms with Crippen molar-refractivity contribution in [3.63, 3.8) is 0 Å². The van der Waals surface area contributed by atoms with Gasteiger partial charge in [0.15, 0.2) is 0 Å². The summed E-state index contributed by atoms with van der Waals surface area (Å²) >= 11 is 0. The van der Waals surface area contributed by atoms with Gasteiger partial charge in [0.05, 0.1) is 11.9 Å². The van der Waals surface area contributed by atoms with Gasteiger partial charge in [0.25, 0.3) is 0 Å². The van der Waals surface area contributed by atoms with Crippen LogP contribution in [0.2, 0.25) is 0 Å². The van der Waals surface area contributed by atoms with Crippen molar-refractivity contribution in [1.82, 2.24) is 14.1 Å². The molecule has 1 aromatic heterocycles. The molecular weight excluding hydrogens is 406 g/mol. The van der Waals surface area contributed by atoms with Crippen molar-refractivity contribution in [3.05, 3.63) is 103 Å². The van der Waals surface area contributed by atoms with Crippen molar-refractivity contribution < 1.29 is 8.42 Å². The summed E-state index contributed by atoms with van der Waals surface area (Å²) in [7, 11) is -3.81. The fraction of sp³-hybridized carbons (Fsp3) is 0.160. The summed E-state index contributed by atoms with van der Waals surface area (Å²) in [4.78, 5) is 0.201. The van der Waals surface area contributed by atoms with E-state index in [1.165, 1.54) is 4.31 Å². The van der Waals surface area contributed by atoms with Crippen LogP contribution < -0.4 is 0 Å². The number of para-hydroxylation sites is 1. The molecule has 0 amide bonds. The molecule has 0 unspecified atom stereocenters. The van der Waals surface area contributed by atoms with Crippen molar-refractivity contribution in [2.45, 2.75) is 31.3 Å². The highest BCUT2D eigenvalue weighted by Crippen LogP contribution is 2.31. The van der Waals surface area contributed by atoms with E-state index in [1.54, 1.807) is 10.9 Å². The SMILES string of the molecule is CC(C)N(Cc1ccccc1)S(=O)(=O)c1cn(-c2ccccc2)nc1-c1ccccc1. The maximum absolute atomic E-state index is 13.9. The summed E-state index contributed by atoms with van der Waals surface area (Å²) in [5.41, 5.74) is 2.96. The molecule has 5 nitrogen and oxygen atoms in total. The minimum atomic E-state index is -3.81. The molecule has 4 aromatic rings. The minimum absolute atomic E-state index is 0.201. The third-order valence-electron chi connectivity index (χ3n) is 5.09. The normalized spacial score (nSPS) is 11.9. The average Bonchev–Trinajstić information content (AvgIpc) is 3.26. The molecule has 1 heterocycles. The number of sulfonamides is 1. The van der Waals surface area contributed by atoms with Gasteiger partial charge in [-0.3, -0.25) is 0 Å². The largest absolute Gasteiger partial charge is 0.247 e. The van der Waals surface area contributed by atoms with E-state index in [1.807, 2.05) is 105 Å². The summed E-state index contributed by atoms with van der Waals surface area (Å²) in [6.45, 7) is 4.08. The third-order valence-corrected chi connectivity index (χ3v) is 7.12. The lowest BCUT2D eigenvalue weighted by Gasteiger charge is -2.26. The highest BCUT2D eigenvalue weighted by Gasteiger charge is 2.32. The number of benzene rings is 3. The molecule has 0 aliphatic heterocycles. The van der Waals surface area contributed by atoms with Gasteiger partial charge in [-0.2, -0.15) is 9.40 Å². The van der Waals surface area contributed by atoms with Crippen LogP contribution in [0.1, 0.15) is 19.4 Å². The fourth-order valence-corrected chi connectivity index (χ4v) is 5.25. The summed E-state index contributed by atoms with van der Waals surface area (Å²) in [5, 5.41) is 4.68. The van der Waals surface area contributed by atoms with Crippen molar-refractivity contribution in [1.29, 1.82) is 0 Å². The Balaban J connectivity index is 1.85. The zero-order valence-corrected chi connectivity index (χ0v) is 18.4. The maximum Gasteiger partial charge on any atom is 0.247 e. The van der Waals surface area contributed by atoms with Crippen LogP contribution in [-0.2, 0) is 16.6 Å². The molecule has 0 bridgehead atoms. The fourth-order valence-electron chi connectivity index (χ4n) is 3.49. The molecular formula is C25H25N3O2S. The van der Waals surface area contributed by atoms with Crippen molar-refractivity contribution >= 4 is 10.0 Å². The lowest BCUT2D eigenvalue weighted by atomic mass is 10.2. The highest BCUT2D eigenvalue weighted by molar-refractivity contribution is 7.89. The van der Waals surface area contributed by atoms with E-state index in [9.17, 15) is 8.42 Å². The predicted molar refractivity (Wildman–Crippen MR) is 123 cm³/mol. The quantitative estimate of drug-likeness (QED) is 0.407. The maximum atomic E-state index is 13.9. The molecule has 0 radical (unpaired) electrons. The first-order valence-corrected chi connectivity index (χ1v) is 11.7. The Morgan fingerprint density at radius 3 is 1.97 bits per heavy atom. The van der Waals surface area contributed by atoms with Gasteiger partial charge in [-0.1, -0.05) is 78.9 Å². The molecule has 0 atom stereocenters. The van der Waals surface area contributed by atoms with Crippen molar-refractivity contribution in [2.24, 2.45) is 0 Å². The Labute approximate surface area is 183 Å². The van der Waals surface area contributed by atoms with E-state index in [-0.39, 0.29) is 10.9 Å². The monoisotopic (exact) mass is 431 g/mol. The van der Waals surface area contributed by atoms with Gasteiger partial charge in [0, 0.05) is 18.2 Å². The standard InChI is InChI=1S/C25H25N3O2S/c1-20(2)28(18-21-12-6-3-7-13-21)31(29,30)24-19-27(23-16-10-5-11-17-23)26-25(24)22-14-8-4-9-15-22/h3-17,19-20H,18H2,1-2H3.